The third kappa shape index (κ3) is 4.59. The summed E-state index contributed by atoms with van der Waals surface area (Å²) >= 11 is 2.91. The minimum Gasteiger partial charge on any atom is -0.370 e. The number of nitrogens with one attached hydrogen (secondary N) is 1. The van der Waals surface area contributed by atoms with Crippen molar-refractivity contribution in [1.82, 2.24) is 9.97 Å². The molecule has 2 heterocycles. The van der Waals surface area contributed by atoms with Crippen molar-refractivity contribution in [1.29, 1.82) is 0 Å². The van der Waals surface area contributed by atoms with Crippen molar-refractivity contribution in [2.45, 2.75) is 44.2 Å². The number of thioether (sulfide) groups is 1. The second kappa shape index (κ2) is 7.86. The number of nitrogens with zero attached hydrogens (tertiary/aromatic N) is 1. The molecule has 27 heavy (non-hydrogen) atoms. The summed E-state index contributed by atoms with van der Waals surface area (Å²) in [5.41, 5.74) is 8.29. The third-order valence-electron chi connectivity index (χ3n) is 4.29. The van der Waals surface area contributed by atoms with Gasteiger partial charge in [0.25, 0.3) is 5.56 Å². The Morgan fingerprint density at radius 2 is 1.96 bits per heavy atom. The number of benzene rings is 1. The molecule has 0 aliphatic carbocycles. The maximum absolute atomic E-state index is 12.6. The van der Waals surface area contributed by atoms with Crippen LogP contribution in [0.4, 0.5) is 0 Å². The molecule has 0 bridgehead atoms. The third-order valence-corrected chi connectivity index (χ3v) is 6.12. The molecule has 7 heteroatoms. The first kappa shape index (κ1) is 19.6. The highest BCUT2D eigenvalue weighted by Gasteiger charge is 2.16. The number of amides is 1. The number of aromatic amines is 1. The molecule has 0 atom stereocenters. The Kier molecular flexibility index (Phi) is 5.72. The Balaban J connectivity index is 1.86. The number of carbonyl (C=O) groups excluding carboxylic acids is 1. The number of H-pyrrole nitrogens is 1. The van der Waals surface area contributed by atoms with E-state index in [0.29, 0.717) is 29.1 Å². The fourth-order valence-electron chi connectivity index (χ4n) is 2.78. The van der Waals surface area contributed by atoms with Crippen LogP contribution in [0.3, 0.4) is 0 Å². The molecular weight excluding hydrogens is 378 g/mol. The van der Waals surface area contributed by atoms with E-state index in [-0.39, 0.29) is 16.9 Å². The molecule has 0 unspecified atom stereocenters. The van der Waals surface area contributed by atoms with E-state index in [2.05, 4.69) is 55.0 Å². The van der Waals surface area contributed by atoms with Gasteiger partial charge in [0.2, 0.25) is 5.91 Å². The van der Waals surface area contributed by atoms with E-state index >= 15 is 0 Å². The first-order valence-electron chi connectivity index (χ1n) is 8.79. The predicted octanol–water partition coefficient (Wildman–Crippen LogP) is 4.31. The van der Waals surface area contributed by atoms with Crippen LogP contribution in [0.1, 0.15) is 39.2 Å². The number of hydrogen-bond donors (Lipinski definition) is 2. The van der Waals surface area contributed by atoms with Crippen LogP contribution < -0.4 is 11.3 Å². The van der Waals surface area contributed by atoms with E-state index in [9.17, 15) is 9.59 Å². The summed E-state index contributed by atoms with van der Waals surface area (Å²) in [5.74, 6) is 0.372. The lowest BCUT2D eigenvalue weighted by atomic mass is 9.86. The molecule has 142 valence electrons. The van der Waals surface area contributed by atoms with Crippen LogP contribution >= 0.6 is 23.1 Å². The first-order chi connectivity index (χ1) is 12.8. The molecule has 3 aromatic rings. The molecule has 2 aromatic heterocycles. The summed E-state index contributed by atoms with van der Waals surface area (Å²) in [6, 6.07) is 8.36. The number of nitrogens with two attached hydrogens (primary N) is 1. The summed E-state index contributed by atoms with van der Waals surface area (Å²) in [7, 11) is 0. The second-order valence-corrected chi connectivity index (χ2v) is 9.39. The maximum Gasteiger partial charge on any atom is 0.260 e. The summed E-state index contributed by atoms with van der Waals surface area (Å²) in [5, 5.41) is 3.19. The van der Waals surface area contributed by atoms with E-state index in [1.165, 1.54) is 28.7 Å². The second-order valence-electron chi connectivity index (χ2n) is 7.45. The molecule has 0 aliphatic heterocycles. The van der Waals surface area contributed by atoms with Gasteiger partial charge in [0, 0.05) is 23.1 Å². The summed E-state index contributed by atoms with van der Waals surface area (Å²) < 4.78 is 0. The lowest BCUT2D eigenvalue weighted by Crippen LogP contribution is -2.11. The Labute approximate surface area is 166 Å². The number of primary amides is 1. The molecule has 1 aromatic carbocycles. The van der Waals surface area contributed by atoms with Gasteiger partial charge in [-0.25, -0.2) is 4.98 Å². The molecule has 1 amide bonds. The smallest absolute Gasteiger partial charge is 0.260 e. The quantitative estimate of drug-likeness (QED) is 0.366. The van der Waals surface area contributed by atoms with E-state index in [0.717, 1.165) is 16.0 Å². The van der Waals surface area contributed by atoms with Crippen LogP contribution in [-0.2, 0) is 10.2 Å². The molecule has 0 spiro atoms. The van der Waals surface area contributed by atoms with Crippen LogP contribution in [-0.4, -0.2) is 21.6 Å². The molecule has 0 radical (unpaired) electrons. The van der Waals surface area contributed by atoms with Crippen LogP contribution in [0.2, 0.25) is 0 Å². The normalized spacial score (nSPS) is 11.8. The van der Waals surface area contributed by atoms with Crippen LogP contribution in [0.15, 0.2) is 39.6 Å². The van der Waals surface area contributed by atoms with E-state index in [1.54, 1.807) is 0 Å². The van der Waals surface area contributed by atoms with Crippen LogP contribution in [0.5, 0.6) is 0 Å². The summed E-state index contributed by atoms with van der Waals surface area (Å²) in [6.45, 7) is 6.54. The Morgan fingerprint density at radius 3 is 2.59 bits per heavy atom. The van der Waals surface area contributed by atoms with Gasteiger partial charge in [-0.2, -0.15) is 0 Å². The molecule has 3 rings (SSSR count). The number of fused-ring (bicyclic) bond motifs is 1. The standard InChI is InChI=1S/C20H23N3O2S2/c1-20(2,3)13-8-6-12(7-9-13)14-11-27-18-16(14)17(25)22-19(23-18)26-10-4-5-15(21)24/h6-9,11H,4-5,10H2,1-3H3,(H2,21,24)(H,22,23,25). The van der Waals surface area contributed by atoms with Gasteiger partial charge in [0.05, 0.1) is 5.39 Å². The SMILES string of the molecule is CC(C)(C)c1ccc(-c2csc3nc(SCCCC(N)=O)[nH]c(=O)c23)cc1. The van der Waals surface area contributed by atoms with Gasteiger partial charge in [0.15, 0.2) is 5.16 Å². The minimum absolute atomic E-state index is 0.0922. The van der Waals surface area contributed by atoms with Crippen LogP contribution in [0.25, 0.3) is 21.3 Å². The van der Waals surface area contributed by atoms with Crippen molar-refractivity contribution in [3.05, 3.63) is 45.6 Å². The molecule has 0 aliphatic rings. The van der Waals surface area contributed by atoms with Crippen molar-refractivity contribution >= 4 is 39.2 Å². The minimum atomic E-state index is -0.312. The number of carbonyl (C=O) groups is 1. The van der Waals surface area contributed by atoms with Crippen LogP contribution in [0, 0.1) is 0 Å². The Bertz CT molecular complexity index is 1010. The van der Waals surface area contributed by atoms with Crippen molar-refractivity contribution in [2.75, 3.05) is 5.75 Å². The highest BCUT2D eigenvalue weighted by molar-refractivity contribution is 7.99. The molecule has 0 saturated heterocycles. The zero-order chi connectivity index (χ0) is 19.6. The van der Waals surface area contributed by atoms with Gasteiger partial charge < -0.3 is 10.7 Å². The number of aromatic nitrogens is 2. The van der Waals surface area contributed by atoms with Gasteiger partial charge >= 0.3 is 0 Å². The molecule has 0 fully saturated rings. The molecule has 0 saturated carbocycles. The highest BCUT2D eigenvalue weighted by Crippen LogP contribution is 2.33. The zero-order valence-corrected chi connectivity index (χ0v) is 17.3. The first-order valence-corrected chi connectivity index (χ1v) is 10.7. The molecule has 3 N–H and O–H groups in total. The Hall–Kier alpha value is -2.12. The number of thiophene rings is 1. The average Bonchev–Trinajstić information content (AvgIpc) is 3.02. The van der Waals surface area contributed by atoms with E-state index in [1.807, 2.05) is 5.38 Å². The average molecular weight is 402 g/mol. The lowest BCUT2D eigenvalue weighted by Gasteiger charge is -2.19. The summed E-state index contributed by atoms with van der Waals surface area (Å²) in [6.07, 6.45) is 1.00. The molecule has 5 nitrogen and oxygen atoms in total. The van der Waals surface area contributed by atoms with Crippen molar-refractivity contribution in [2.24, 2.45) is 5.73 Å². The zero-order valence-electron chi connectivity index (χ0n) is 15.7. The van der Waals surface area contributed by atoms with E-state index in [4.69, 9.17) is 5.73 Å². The van der Waals surface area contributed by atoms with Crippen molar-refractivity contribution < 1.29 is 4.79 Å². The predicted molar refractivity (Wildman–Crippen MR) is 114 cm³/mol. The highest BCUT2D eigenvalue weighted by atomic mass is 32.2. The van der Waals surface area contributed by atoms with Gasteiger partial charge in [-0.05, 0) is 23.0 Å². The topological polar surface area (TPSA) is 88.8 Å². The van der Waals surface area contributed by atoms with Gasteiger partial charge in [-0.3, -0.25) is 9.59 Å². The monoisotopic (exact) mass is 401 g/mol. The number of hydrogen-bond acceptors (Lipinski definition) is 5. The largest absolute Gasteiger partial charge is 0.370 e. The fourth-order valence-corrected chi connectivity index (χ4v) is 4.58. The van der Waals surface area contributed by atoms with Crippen molar-refractivity contribution in [3.8, 4) is 11.1 Å². The van der Waals surface area contributed by atoms with Gasteiger partial charge in [-0.15, -0.1) is 11.3 Å². The Morgan fingerprint density at radius 1 is 1.26 bits per heavy atom. The fraction of sp³-hybridized carbons (Fsp3) is 0.350. The van der Waals surface area contributed by atoms with E-state index < -0.39 is 0 Å². The maximum atomic E-state index is 12.6. The summed E-state index contributed by atoms with van der Waals surface area (Å²) in [4.78, 5) is 31.6. The van der Waals surface area contributed by atoms with Gasteiger partial charge in [-0.1, -0.05) is 56.8 Å². The van der Waals surface area contributed by atoms with Gasteiger partial charge in [0.1, 0.15) is 4.83 Å². The lowest BCUT2D eigenvalue weighted by molar-refractivity contribution is -0.118. The van der Waals surface area contributed by atoms with Crippen molar-refractivity contribution in [3.63, 3.8) is 0 Å². The molecular formula is C20H23N3O2S2. The number of rotatable bonds is 6.